The first-order valence-corrected chi connectivity index (χ1v) is 4.79. The molecule has 0 aromatic carbocycles. The van der Waals surface area contributed by atoms with Crippen LogP contribution in [-0.2, 0) is 0 Å². The van der Waals surface area contributed by atoms with Crippen molar-refractivity contribution in [3.05, 3.63) is 0 Å². The highest BCUT2D eigenvalue weighted by atomic mass is 32.2. The zero-order valence-corrected chi connectivity index (χ0v) is 7.00. The molecule has 1 unspecified atom stereocenters. The summed E-state index contributed by atoms with van der Waals surface area (Å²) in [6.45, 7) is 2.25. The molecule has 54 valence electrons. The third kappa shape index (κ3) is 1.62. The predicted molar refractivity (Wildman–Crippen MR) is 44.0 cm³/mol. The molecule has 0 aromatic rings. The summed E-state index contributed by atoms with van der Waals surface area (Å²) < 4.78 is 0. The van der Waals surface area contributed by atoms with Crippen LogP contribution in [0.5, 0.6) is 0 Å². The van der Waals surface area contributed by atoms with Crippen LogP contribution in [0.1, 0.15) is 13.3 Å². The molecule has 1 fully saturated rings. The third-order valence-corrected chi connectivity index (χ3v) is 3.37. The molecule has 1 aliphatic rings. The number of nitrogens with one attached hydrogen (secondary N) is 1. The fraction of sp³-hybridized carbons (Fsp3) is 1.00. The molecule has 0 saturated carbocycles. The van der Waals surface area contributed by atoms with Gasteiger partial charge in [0.1, 0.15) is 0 Å². The van der Waals surface area contributed by atoms with Gasteiger partial charge >= 0.3 is 0 Å². The summed E-state index contributed by atoms with van der Waals surface area (Å²) in [7, 11) is 2.07. The van der Waals surface area contributed by atoms with Gasteiger partial charge in [-0.15, -0.1) is 0 Å². The molecule has 0 radical (unpaired) electrons. The van der Waals surface area contributed by atoms with Crippen molar-refractivity contribution in [2.24, 2.45) is 5.92 Å². The largest absolute Gasteiger partial charge is 0.317 e. The van der Waals surface area contributed by atoms with Gasteiger partial charge in [-0.05, 0) is 30.9 Å². The van der Waals surface area contributed by atoms with Gasteiger partial charge in [0.2, 0.25) is 0 Å². The maximum Gasteiger partial charge on any atom is 0.0105 e. The lowest BCUT2D eigenvalue weighted by Gasteiger charge is -2.32. The minimum absolute atomic E-state index is 0.784. The second-order valence-corrected chi connectivity index (χ2v) is 3.68. The summed E-state index contributed by atoms with van der Waals surface area (Å²) in [5, 5.41) is 3.34. The first-order chi connectivity index (χ1) is 4.38. The van der Waals surface area contributed by atoms with Crippen molar-refractivity contribution in [3.8, 4) is 0 Å². The van der Waals surface area contributed by atoms with Crippen molar-refractivity contribution < 1.29 is 0 Å². The molecule has 1 N–H and O–H groups in total. The molecule has 1 aliphatic heterocycles. The molecule has 1 heterocycles. The van der Waals surface area contributed by atoms with Gasteiger partial charge in [-0.2, -0.15) is 11.8 Å². The summed E-state index contributed by atoms with van der Waals surface area (Å²) >= 11 is 2.06. The quantitative estimate of drug-likeness (QED) is 0.643. The van der Waals surface area contributed by atoms with E-state index in [-0.39, 0.29) is 0 Å². The van der Waals surface area contributed by atoms with Crippen LogP contribution >= 0.6 is 11.8 Å². The molecular weight excluding hydrogens is 130 g/mol. The summed E-state index contributed by atoms with van der Waals surface area (Å²) in [6, 6.07) is 0.784. The molecule has 0 spiro atoms. The lowest BCUT2D eigenvalue weighted by atomic mass is 10.0. The molecule has 1 rings (SSSR count). The number of rotatable bonds is 3. The standard InChI is InChI=1S/C7H15NS/c1-3-7(8-2)6-4-9-5-6/h6-8H,3-5H2,1-2H3. The number of hydrogen-bond acceptors (Lipinski definition) is 2. The summed E-state index contributed by atoms with van der Waals surface area (Å²) in [5.74, 6) is 3.71. The predicted octanol–water partition coefficient (Wildman–Crippen LogP) is 1.35. The second kappa shape index (κ2) is 3.47. The van der Waals surface area contributed by atoms with Gasteiger partial charge in [0.05, 0.1) is 0 Å². The van der Waals surface area contributed by atoms with E-state index in [9.17, 15) is 0 Å². The van der Waals surface area contributed by atoms with E-state index in [1.807, 2.05) is 0 Å². The lowest BCUT2D eigenvalue weighted by molar-refractivity contribution is 0.413. The number of thioether (sulfide) groups is 1. The average Bonchev–Trinajstić information content (AvgIpc) is 1.78. The van der Waals surface area contributed by atoms with E-state index in [1.54, 1.807) is 0 Å². The molecule has 0 aliphatic carbocycles. The maximum atomic E-state index is 3.34. The maximum absolute atomic E-state index is 3.34. The Labute approximate surface area is 61.6 Å². The highest BCUT2D eigenvalue weighted by Gasteiger charge is 2.24. The fourth-order valence-electron chi connectivity index (χ4n) is 1.26. The fourth-order valence-corrected chi connectivity index (χ4v) is 2.23. The summed E-state index contributed by atoms with van der Waals surface area (Å²) in [4.78, 5) is 0. The van der Waals surface area contributed by atoms with Crippen molar-refractivity contribution >= 4 is 11.8 Å². The van der Waals surface area contributed by atoms with Crippen LogP contribution in [-0.4, -0.2) is 24.6 Å². The van der Waals surface area contributed by atoms with Crippen LogP contribution < -0.4 is 5.32 Å². The summed E-state index contributed by atoms with van der Waals surface area (Å²) in [6.07, 6.45) is 1.28. The Hall–Kier alpha value is 0.310. The molecule has 1 nitrogen and oxygen atoms in total. The van der Waals surface area contributed by atoms with E-state index in [0.717, 1.165) is 12.0 Å². The van der Waals surface area contributed by atoms with Gasteiger partial charge in [0.25, 0.3) is 0 Å². The van der Waals surface area contributed by atoms with Gasteiger partial charge in [-0.1, -0.05) is 6.92 Å². The zero-order valence-electron chi connectivity index (χ0n) is 6.18. The van der Waals surface area contributed by atoms with E-state index in [1.165, 1.54) is 17.9 Å². The molecule has 0 bridgehead atoms. The first-order valence-electron chi connectivity index (χ1n) is 3.63. The molecular formula is C7H15NS. The van der Waals surface area contributed by atoms with Crippen molar-refractivity contribution in [3.63, 3.8) is 0 Å². The van der Waals surface area contributed by atoms with Crippen molar-refractivity contribution in [1.82, 2.24) is 5.32 Å². The lowest BCUT2D eigenvalue weighted by Crippen LogP contribution is -2.40. The molecule has 0 amide bonds. The topological polar surface area (TPSA) is 12.0 Å². The zero-order chi connectivity index (χ0) is 6.69. The Kier molecular flexibility index (Phi) is 2.86. The monoisotopic (exact) mass is 145 g/mol. The van der Waals surface area contributed by atoms with Crippen LogP contribution in [0.4, 0.5) is 0 Å². The Balaban J connectivity index is 2.19. The minimum atomic E-state index is 0.784. The molecule has 9 heavy (non-hydrogen) atoms. The Morgan fingerprint density at radius 2 is 2.33 bits per heavy atom. The molecule has 0 aromatic heterocycles. The van der Waals surface area contributed by atoms with Gasteiger partial charge in [0, 0.05) is 6.04 Å². The normalized spacial score (nSPS) is 23.3. The van der Waals surface area contributed by atoms with E-state index >= 15 is 0 Å². The van der Waals surface area contributed by atoms with Crippen LogP contribution in [0.3, 0.4) is 0 Å². The van der Waals surface area contributed by atoms with Crippen LogP contribution in [0, 0.1) is 5.92 Å². The van der Waals surface area contributed by atoms with Gasteiger partial charge in [-0.25, -0.2) is 0 Å². The summed E-state index contributed by atoms with van der Waals surface area (Å²) in [5.41, 5.74) is 0. The average molecular weight is 145 g/mol. The first kappa shape index (κ1) is 7.42. The van der Waals surface area contributed by atoms with Crippen LogP contribution in [0.2, 0.25) is 0 Å². The van der Waals surface area contributed by atoms with Crippen molar-refractivity contribution in [2.75, 3.05) is 18.6 Å². The minimum Gasteiger partial charge on any atom is -0.317 e. The van der Waals surface area contributed by atoms with E-state index in [4.69, 9.17) is 0 Å². The smallest absolute Gasteiger partial charge is 0.0105 e. The van der Waals surface area contributed by atoms with E-state index < -0.39 is 0 Å². The molecule has 1 saturated heterocycles. The van der Waals surface area contributed by atoms with Crippen molar-refractivity contribution in [2.45, 2.75) is 19.4 Å². The van der Waals surface area contributed by atoms with Crippen LogP contribution in [0.15, 0.2) is 0 Å². The highest BCUT2D eigenvalue weighted by Crippen LogP contribution is 2.28. The van der Waals surface area contributed by atoms with E-state index in [0.29, 0.717) is 0 Å². The Morgan fingerprint density at radius 3 is 2.44 bits per heavy atom. The van der Waals surface area contributed by atoms with Crippen molar-refractivity contribution in [1.29, 1.82) is 0 Å². The Bertz CT molecular complexity index is 77.0. The molecule has 2 heteroatoms. The van der Waals surface area contributed by atoms with Crippen LogP contribution in [0.25, 0.3) is 0 Å². The van der Waals surface area contributed by atoms with Gasteiger partial charge < -0.3 is 5.32 Å². The van der Waals surface area contributed by atoms with Gasteiger partial charge in [-0.3, -0.25) is 0 Å². The third-order valence-electron chi connectivity index (χ3n) is 2.04. The highest BCUT2D eigenvalue weighted by molar-refractivity contribution is 8.00. The second-order valence-electron chi connectivity index (χ2n) is 2.60. The SMILES string of the molecule is CCC(NC)C1CSC1. The number of hydrogen-bond donors (Lipinski definition) is 1. The van der Waals surface area contributed by atoms with E-state index in [2.05, 4.69) is 31.1 Å². The molecule has 1 atom stereocenters. The Morgan fingerprint density at radius 1 is 1.67 bits per heavy atom. The van der Waals surface area contributed by atoms with Gasteiger partial charge in [0.15, 0.2) is 0 Å².